The Morgan fingerprint density at radius 1 is 1.09 bits per heavy atom. The summed E-state index contributed by atoms with van der Waals surface area (Å²) in [6.45, 7) is 3.17. The molecule has 0 aliphatic carbocycles. The molecule has 6 nitrogen and oxygen atoms in total. The molecule has 1 aromatic heterocycles. The molecule has 3 aromatic rings. The molecule has 0 spiro atoms. The summed E-state index contributed by atoms with van der Waals surface area (Å²) in [6.07, 6.45) is 0.0609. The quantitative estimate of drug-likeness (QED) is 0.398. The molecule has 0 N–H and O–H groups in total. The number of unbranched alkanes of at least 4 members (excludes halogenated alkanes) is 1. The number of fused-ring (bicyclic) bond motifs is 1. The van der Waals surface area contributed by atoms with E-state index in [2.05, 4.69) is 21.8 Å². The first-order valence-corrected chi connectivity index (χ1v) is 11.7. The monoisotopic (exact) mass is 482 g/mol. The number of ether oxygens (including phenoxy) is 1. The van der Waals surface area contributed by atoms with Crippen LogP contribution in [-0.2, 0) is 6.54 Å². The summed E-state index contributed by atoms with van der Waals surface area (Å²) in [7, 11) is 0. The Hall–Kier alpha value is -3.62. The highest BCUT2D eigenvalue weighted by molar-refractivity contribution is 5.94. The Balaban J connectivity index is 1.38. The average Bonchev–Trinajstić information content (AvgIpc) is 3.58. The Morgan fingerprint density at radius 3 is 2.43 bits per heavy atom. The summed E-state index contributed by atoms with van der Waals surface area (Å²) in [5.41, 5.74) is 3.85. The van der Waals surface area contributed by atoms with Gasteiger partial charge in [-0.15, -0.1) is 13.2 Å². The topological polar surface area (TPSA) is 59.7 Å². The third-order valence-electron chi connectivity index (χ3n) is 6.29. The predicted octanol–water partition coefficient (Wildman–Crippen LogP) is 5.96. The molecular weight excluding hydrogens is 457 g/mol. The molecule has 182 valence electrons. The number of carbonyl (C=O) groups excluding carboxylic acids is 1. The van der Waals surface area contributed by atoms with Crippen LogP contribution in [0.1, 0.15) is 59.9 Å². The molecule has 2 aliphatic heterocycles. The van der Waals surface area contributed by atoms with E-state index in [4.69, 9.17) is 0 Å². The van der Waals surface area contributed by atoms with E-state index in [1.165, 1.54) is 24.3 Å². The molecule has 0 saturated heterocycles. The lowest BCUT2D eigenvalue weighted by molar-refractivity contribution is -0.274. The van der Waals surface area contributed by atoms with Crippen molar-refractivity contribution in [1.82, 2.24) is 14.7 Å². The number of amides is 1. The molecule has 3 heterocycles. The van der Waals surface area contributed by atoms with Gasteiger partial charge in [-0.25, -0.2) is 0 Å². The second kappa shape index (κ2) is 9.20. The Kier molecular flexibility index (Phi) is 6.08. The lowest BCUT2D eigenvalue weighted by Crippen LogP contribution is -2.42. The highest BCUT2D eigenvalue weighted by Gasteiger charge is 2.33. The van der Waals surface area contributed by atoms with Crippen molar-refractivity contribution in [2.45, 2.75) is 51.2 Å². The van der Waals surface area contributed by atoms with Crippen molar-refractivity contribution in [3.63, 3.8) is 0 Å². The third kappa shape index (κ3) is 5.23. The number of rotatable bonds is 8. The number of aromatic nitrogens is 2. The lowest BCUT2D eigenvalue weighted by atomic mass is 10.0. The van der Waals surface area contributed by atoms with E-state index in [9.17, 15) is 18.0 Å². The maximum atomic E-state index is 13.4. The molecule has 2 aliphatic rings. The van der Waals surface area contributed by atoms with Crippen LogP contribution in [0.3, 0.4) is 0 Å². The van der Waals surface area contributed by atoms with Gasteiger partial charge in [0.1, 0.15) is 17.5 Å². The van der Waals surface area contributed by atoms with Crippen LogP contribution in [0, 0.1) is 0 Å². The average molecular weight is 483 g/mol. The van der Waals surface area contributed by atoms with Crippen molar-refractivity contribution in [2.75, 3.05) is 6.54 Å². The number of carbonyl (C=O) groups is 1. The van der Waals surface area contributed by atoms with Gasteiger partial charge in [-0.1, -0.05) is 44.0 Å². The Bertz CT molecular complexity index is 1230. The summed E-state index contributed by atoms with van der Waals surface area (Å²) >= 11 is 0. The predicted molar refractivity (Wildman–Crippen MR) is 125 cm³/mol. The largest absolute Gasteiger partial charge is 0.573 e. The zero-order valence-corrected chi connectivity index (χ0v) is 19.2. The van der Waals surface area contributed by atoms with Crippen molar-refractivity contribution in [1.29, 1.82) is 0 Å². The van der Waals surface area contributed by atoms with Crippen LogP contribution in [0.5, 0.6) is 5.75 Å². The van der Waals surface area contributed by atoms with Crippen molar-refractivity contribution < 1.29 is 22.7 Å². The molecule has 2 aromatic carbocycles. The van der Waals surface area contributed by atoms with E-state index in [0.29, 0.717) is 30.0 Å². The first-order valence-electron chi connectivity index (χ1n) is 11.7. The van der Waals surface area contributed by atoms with Gasteiger partial charge >= 0.3 is 6.36 Å². The molecule has 0 radical (unpaired) electrons. The summed E-state index contributed by atoms with van der Waals surface area (Å²) in [6, 6.07) is 15.6. The Labute approximate surface area is 201 Å². The van der Waals surface area contributed by atoms with E-state index < -0.39 is 6.36 Å². The van der Waals surface area contributed by atoms with E-state index in [1.54, 1.807) is 10.7 Å². The van der Waals surface area contributed by atoms with Gasteiger partial charge in [-0.3, -0.25) is 14.5 Å². The highest BCUT2D eigenvalue weighted by atomic mass is 19.4. The smallest absolute Gasteiger partial charge is 0.406 e. The highest BCUT2D eigenvalue weighted by Crippen LogP contribution is 2.32. The molecule has 0 fully saturated rings. The van der Waals surface area contributed by atoms with Gasteiger partial charge in [-0.05, 0) is 47.9 Å². The van der Waals surface area contributed by atoms with Gasteiger partial charge in [0.25, 0.3) is 5.91 Å². The van der Waals surface area contributed by atoms with Crippen molar-refractivity contribution in [3.05, 3.63) is 71.4 Å². The van der Waals surface area contributed by atoms with E-state index in [0.717, 1.165) is 30.4 Å². The van der Waals surface area contributed by atoms with Gasteiger partial charge in [0.15, 0.2) is 0 Å². The summed E-state index contributed by atoms with van der Waals surface area (Å²) in [5.74, 6) is -0.407. The number of halogens is 3. The minimum atomic E-state index is -4.75. The summed E-state index contributed by atoms with van der Waals surface area (Å²) in [5, 5.41) is 4.68. The van der Waals surface area contributed by atoms with Crippen molar-refractivity contribution >= 4 is 12.1 Å². The molecule has 9 heteroatoms. The van der Waals surface area contributed by atoms with Crippen LogP contribution in [-0.4, -0.2) is 39.7 Å². The fourth-order valence-electron chi connectivity index (χ4n) is 4.42. The van der Waals surface area contributed by atoms with Crippen molar-refractivity contribution in [2.24, 2.45) is 4.99 Å². The lowest BCUT2D eigenvalue weighted by Gasteiger charge is -2.33. The number of aliphatic imine (C=N–C) groups is 1. The van der Waals surface area contributed by atoms with Crippen LogP contribution in [0.4, 0.5) is 13.2 Å². The number of benzene rings is 2. The molecule has 0 bridgehead atoms. The fraction of sp³-hybridized carbons (Fsp3) is 0.346. The first-order chi connectivity index (χ1) is 16.8. The van der Waals surface area contributed by atoms with Crippen LogP contribution in [0.15, 0.2) is 59.6 Å². The fourth-order valence-corrected chi connectivity index (χ4v) is 4.42. The van der Waals surface area contributed by atoms with Crippen LogP contribution >= 0.6 is 0 Å². The molecule has 1 amide bonds. The molecule has 2 unspecified atom stereocenters. The number of nitrogens with zero attached hydrogens (tertiary/aromatic N) is 4. The summed E-state index contributed by atoms with van der Waals surface area (Å²) in [4.78, 5) is 19.4. The second-order valence-corrected chi connectivity index (χ2v) is 8.90. The number of hydrogen-bond acceptors (Lipinski definition) is 4. The van der Waals surface area contributed by atoms with Crippen LogP contribution in [0.25, 0.3) is 11.3 Å². The minimum absolute atomic E-state index is 0.0309. The van der Waals surface area contributed by atoms with Gasteiger partial charge in [0.2, 0.25) is 0 Å². The van der Waals surface area contributed by atoms with E-state index >= 15 is 0 Å². The van der Waals surface area contributed by atoms with E-state index in [1.807, 2.05) is 35.4 Å². The third-order valence-corrected chi connectivity index (χ3v) is 6.29. The minimum Gasteiger partial charge on any atom is -0.406 e. The molecule has 0 saturated carbocycles. The molecule has 5 rings (SSSR count). The van der Waals surface area contributed by atoms with Gasteiger partial charge in [0.05, 0.1) is 11.7 Å². The van der Waals surface area contributed by atoms with Gasteiger partial charge in [-0.2, -0.15) is 5.10 Å². The SMILES string of the molecule is CCCCC1CN(Cc2ccc(C3C=N3)cc2)C(=O)c2cc(-c3ccc(OC(F)(F)F)cc3)nn21. The van der Waals surface area contributed by atoms with Gasteiger partial charge in [0, 0.05) is 24.9 Å². The molecule has 2 atom stereocenters. The zero-order valence-electron chi connectivity index (χ0n) is 19.2. The molecule has 35 heavy (non-hydrogen) atoms. The number of hydrogen-bond donors (Lipinski definition) is 0. The van der Waals surface area contributed by atoms with Gasteiger partial charge < -0.3 is 9.64 Å². The molecular formula is C26H25F3N4O2. The number of alkyl halides is 3. The first kappa shape index (κ1) is 23.1. The second-order valence-electron chi connectivity index (χ2n) is 8.90. The van der Waals surface area contributed by atoms with Crippen LogP contribution in [0.2, 0.25) is 0 Å². The van der Waals surface area contributed by atoms with E-state index in [-0.39, 0.29) is 23.7 Å². The van der Waals surface area contributed by atoms with Crippen molar-refractivity contribution in [3.8, 4) is 17.0 Å². The Morgan fingerprint density at radius 2 is 1.80 bits per heavy atom. The van der Waals surface area contributed by atoms with Crippen LogP contribution < -0.4 is 4.74 Å². The summed E-state index contributed by atoms with van der Waals surface area (Å²) < 4.78 is 43.2. The normalized spacial score (nSPS) is 19.1. The maximum absolute atomic E-state index is 13.4. The maximum Gasteiger partial charge on any atom is 0.573 e. The standard InChI is InChI=1S/C26H25F3N4O2/c1-2-3-4-20-16-32(15-17-5-7-19(8-6-17)23-14-30-23)25(34)24-13-22(31-33(20)24)18-9-11-21(12-10-18)35-26(27,28)29/h5-14,20,23H,2-4,15-16H2,1H3. The zero-order chi connectivity index (χ0) is 24.6.